The predicted molar refractivity (Wildman–Crippen MR) is 93.2 cm³/mol. The van der Waals surface area contributed by atoms with E-state index in [2.05, 4.69) is 25.3 Å². The molecule has 2 heteroatoms. The number of hydrogen-bond donors (Lipinski definition) is 0. The zero-order chi connectivity index (χ0) is 15.6. The van der Waals surface area contributed by atoms with Gasteiger partial charge in [0.1, 0.15) is 24.7 Å². The third-order valence-corrected chi connectivity index (χ3v) is 2.94. The molecule has 0 N–H and O–H groups in total. The van der Waals surface area contributed by atoms with Gasteiger partial charge in [-0.05, 0) is 35.4 Å². The molecular weight excluding hydrogens is 272 g/mol. The first kappa shape index (κ1) is 15.6. The highest BCUT2D eigenvalue weighted by atomic mass is 16.5. The smallest absolute Gasteiger partial charge is 0.120 e. The Morgan fingerprint density at radius 1 is 0.727 bits per heavy atom. The molecule has 2 aromatic carbocycles. The molecule has 0 radical (unpaired) electrons. The van der Waals surface area contributed by atoms with Crippen LogP contribution in [0.2, 0.25) is 0 Å². The molecule has 2 rings (SSSR count). The van der Waals surface area contributed by atoms with Gasteiger partial charge in [0, 0.05) is 0 Å². The van der Waals surface area contributed by atoms with Crippen molar-refractivity contribution in [3.05, 3.63) is 85.0 Å². The normalized spacial score (nSPS) is 10.4. The topological polar surface area (TPSA) is 18.5 Å². The maximum atomic E-state index is 5.52. The van der Waals surface area contributed by atoms with Gasteiger partial charge in [0.2, 0.25) is 0 Å². The molecule has 2 aromatic rings. The van der Waals surface area contributed by atoms with E-state index in [1.54, 1.807) is 12.2 Å². The second kappa shape index (κ2) is 8.53. The molecular formula is C20H20O2. The third-order valence-electron chi connectivity index (χ3n) is 2.94. The van der Waals surface area contributed by atoms with E-state index in [4.69, 9.17) is 9.47 Å². The number of benzene rings is 2. The lowest BCUT2D eigenvalue weighted by Gasteiger charge is -2.04. The van der Waals surface area contributed by atoms with Crippen LogP contribution in [0.25, 0.3) is 12.2 Å². The summed E-state index contributed by atoms with van der Waals surface area (Å²) in [6.45, 7) is 8.31. The van der Waals surface area contributed by atoms with Gasteiger partial charge in [-0.25, -0.2) is 0 Å². The molecule has 0 aliphatic carbocycles. The Bertz CT molecular complexity index is 639. The molecule has 0 bridgehead atoms. The Morgan fingerprint density at radius 2 is 1.36 bits per heavy atom. The van der Waals surface area contributed by atoms with E-state index < -0.39 is 0 Å². The molecule has 0 aromatic heterocycles. The van der Waals surface area contributed by atoms with Gasteiger partial charge in [-0.2, -0.15) is 0 Å². The predicted octanol–water partition coefficient (Wildman–Crippen LogP) is 4.99. The third kappa shape index (κ3) is 4.98. The quantitative estimate of drug-likeness (QED) is 0.504. The van der Waals surface area contributed by atoms with Gasteiger partial charge in [0.05, 0.1) is 0 Å². The molecule has 0 aliphatic heterocycles. The van der Waals surface area contributed by atoms with Crippen LogP contribution >= 0.6 is 0 Å². The summed E-state index contributed by atoms with van der Waals surface area (Å²) in [5.41, 5.74) is 2.21. The number of rotatable bonds is 8. The maximum absolute atomic E-state index is 5.52. The highest BCUT2D eigenvalue weighted by Gasteiger charge is 1.95. The van der Waals surface area contributed by atoms with Crippen LogP contribution in [0.5, 0.6) is 11.5 Å². The first-order valence-corrected chi connectivity index (χ1v) is 7.17. The van der Waals surface area contributed by atoms with Crippen molar-refractivity contribution in [3.63, 3.8) is 0 Å². The van der Waals surface area contributed by atoms with Crippen molar-refractivity contribution >= 4 is 12.2 Å². The van der Waals surface area contributed by atoms with E-state index >= 15 is 0 Å². The first-order valence-electron chi connectivity index (χ1n) is 7.17. The van der Waals surface area contributed by atoms with Gasteiger partial charge < -0.3 is 9.47 Å². The summed E-state index contributed by atoms with van der Waals surface area (Å²) in [6.07, 6.45) is 7.58. The van der Waals surface area contributed by atoms with Gasteiger partial charge in [0.15, 0.2) is 0 Å². The van der Waals surface area contributed by atoms with Gasteiger partial charge in [-0.3, -0.25) is 0 Å². The van der Waals surface area contributed by atoms with E-state index in [-0.39, 0.29) is 0 Å². The minimum absolute atomic E-state index is 0.513. The molecule has 0 saturated heterocycles. The maximum Gasteiger partial charge on any atom is 0.120 e. The van der Waals surface area contributed by atoms with Crippen molar-refractivity contribution in [2.75, 3.05) is 13.2 Å². The number of ether oxygens (including phenoxy) is 2. The lowest BCUT2D eigenvalue weighted by Crippen LogP contribution is -1.92. The molecule has 22 heavy (non-hydrogen) atoms. The monoisotopic (exact) mass is 292 g/mol. The molecule has 2 nitrogen and oxygen atoms in total. The Kier molecular flexibility index (Phi) is 6.06. The minimum Gasteiger partial charge on any atom is -0.490 e. The fraction of sp³-hybridized carbons (Fsp3) is 0.100. The zero-order valence-corrected chi connectivity index (χ0v) is 12.6. The molecule has 0 saturated carbocycles. The van der Waals surface area contributed by atoms with Gasteiger partial charge in [-0.15, -0.1) is 0 Å². The molecule has 0 amide bonds. The largest absolute Gasteiger partial charge is 0.490 e. The summed E-state index contributed by atoms with van der Waals surface area (Å²) in [5.74, 6) is 1.69. The van der Waals surface area contributed by atoms with Crippen molar-refractivity contribution in [2.45, 2.75) is 0 Å². The second-order valence-corrected chi connectivity index (χ2v) is 4.67. The van der Waals surface area contributed by atoms with Crippen LogP contribution in [0.15, 0.2) is 73.8 Å². The van der Waals surface area contributed by atoms with Gasteiger partial charge in [0.25, 0.3) is 0 Å². The van der Waals surface area contributed by atoms with Crippen LogP contribution in [-0.4, -0.2) is 13.2 Å². The molecule has 0 atom stereocenters. The summed E-state index contributed by atoms with van der Waals surface area (Å²) in [7, 11) is 0. The standard InChI is InChI=1S/C20H20O2/c1-3-14-21-19-12-10-17(11-13-19)8-9-18-6-5-7-20(16-18)22-15-4-2/h3-13,16H,1-2,14-15H2. The fourth-order valence-corrected chi connectivity index (χ4v) is 1.89. The highest BCUT2D eigenvalue weighted by molar-refractivity contribution is 5.70. The van der Waals surface area contributed by atoms with Gasteiger partial charge in [-0.1, -0.05) is 61.7 Å². The van der Waals surface area contributed by atoms with Crippen LogP contribution in [0.3, 0.4) is 0 Å². The zero-order valence-electron chi connectivity index (χ0n) is 12.6. The summed E-state index contributed by atoms with van der Waals surface area (Å²) in [6, 6.07) is 15.9. The summed E-state index contributed by atoms with van der Waals surface area (Å²) in [5, 5.41) is 0. The lowest BCUT2D eigenvalue weighted by molar-refractivity contribution is 0.363. The molecule has 0 unspecified atom stereocenters. The van der Waals surface area contributed by atoms with Crippen molar-refractivity contribution in [1.82, 2.24) is 0 Å². The number of hydrogen-bond acceptors (Lipinski definition) is 2. The summed E-state index contributed by atoms with van der Waals surface area (Å²) in [4.78, 5) is 0. The van der Waals surface area contributed by atoms with Gasteiger partial charge >= 0.3 is 0 Å². The first-order chi connectivity index (χ1) is 10.8. The van der Waals surface area contributed by atoms with E-state index in [0.717, 1.165) is 22.6 Å². The van der Waals surface area contributed by atoms with Crippen LogP contribution < -0.4 is 9.47 Å². The molecule has 112 valence electrons. The Labute approximate surface area is 132 Å². The van der Waals surface area contributed by atoms with Crippen molar-refractivity contribution in [3.8, 4) is 11.5 Å². The van der Waals surface area contributed by atoms with Crippen LogP contribution in [0.1, 0.15) is 11.1 Å². The Morgan fingerprint density at radius 3 is 2.05 bits per heavy atom. The summed E-state index contributed by atoms with van der Waals surface area (Å²) >= 11 is 0. The van der Waals surface area contributed by atoms with E-state index in [1.807, 2.05) is 48.5 Å². The lowest BCUT2D eigenvalue weighted by atomic mass is 10.1. The SMILES string of the molecule is C=CCOc1ccc(C=Cc2cccc(OCC=C)c2)cc1. The molecule has 0 spiro atoms. The Balaban J connectivity index is 2.01. The van der Waals surface area contributed by atoms with Crippen molar-refractivity contribution < 1.29 is 9.47 Å². The molecule has 0 fully saturated rings. The van der Waals surface area contributed by atoms with Crippen LogP contribution in [-0.2, 0) is 0 Å². The fourth-order valence-electron chi connectivity index (χ4n) is 1.89. The Hall–Kier alpha value is -2.74. The van der Waals surface area contributed by atoms with Crippen LogP contribution in [0, 0.1) is 0 Å². The molecule has 0 aliphatic rings. The van der Waals surface area contributed by atoms with E-state index in [1.165, 1.54) is 0 Å². The molecule has 0 heterocycles. The summed E-state index contributed by atoms with van der Waals surface area (Å²) < 4.78 is 11.0. The van der Waals surface area contributed by atoms with E-state index in [0.29, 0.717) is 13.2 Å². The van der Waals surface area contributed by atoms with Crippen LogP contribution in [0.4, 0.5) is 0 Å². The average molecular weight is 292 g/mol. The minimum atomic E-state index is 0.513. The second-order valence-electron chi connectivity index (χ2n) is 4.67. The van der Waals surface area contributed by atoms with E-state index in [9.17, 15) is 0 Å². The van der Waals surface area contributed by atoms with Crippen molar-refractivity contribution in [1.29, 1.82) is 0 Å². The average Bonchev–Trinajstić information content (AvgIpc) is 2.57. The van der Waals surface area contributed by atoms with Crippen molar-refractivity contribution in [2.24, 2.45) is 0 Å². The highest BCUT2D eigenvalue weighted by Crippen LogP contribution is 2.17.